The van der Waals surface area contributed by atoms with Crippen LogP contribution < -0.4 is 5.32 Å². The van der Waals surface area contributed by atoms with E-state index >= 15 is 0 Å². The topological polar surface area (TPSA) is 70.7 Å². The number of amides is 1. The Hall–Kier alpha value is -1.39. The number of H-pyrrole nitrogens is 1. The van der Waals surface area contributed by atoms with Crippen LogP contribution in [0.5, 0.6) is 0 Å². The van der Waals surface area contributed by atoms with Gasteiger partial charge in [-0.3, -0.25) is 9.89 Å². The third kappa shape index (κ3) is 3.54. The Morgan fingerprint density at radius 3 is 3.18 bits per heavy atom. The van der Waals surface area contributed by atoms with E-state index in [4.69, 9.17) is 0 Å². The largest absolute Gasteiger partial charge is 0.355 e. The van der Waals surface area contributed by atoms with Gasteiger partial charge in [0.1, 0.15) is 12.2 Å². The van der Waals surface area contributed by atoms with Crippen molar-refractivity contribution in [1.29, 1.82) is 0 Å². The second-order valence-electron chi connectivity index (χ2n) is 4.94. The van der Waals surface area contributed by atoms with E-state index < -0.39 is 0 Å². The fourth-order valence-corrected chi connectivity index (χ4v) is 2.47. The minimum atomic E-state index is 0.205. The molecule has 0 unspecified atom stereocenters. The molecule has 1 amide bonds. The first kappa shape index (κ1) is 12.1. The summed E-state index contributed by atoms with van der Waals surface area (Å²) in [5.74, 6) is 1.93. The number of hydrogen-bond acceptors (Lipinski definition) is 3. The van der Waals surface area contributed by atoms with Gasteiger partial charge in [-0.25, -0.2) is 4.98 Å². The number of carbonyl (C=O) groups is 1. The lowest BCUT2D eigenvalue weighted by atomic mass is 9.82. The maximum Gasteiger partial charge on any atom is 0.223 e. The predicted molar refractivity (Wildman–Crippen MR) is 64.2 cm³/mol. The summed E-state index contributed by atoms with van der Waals surface area (Å²) in [6.45, 7) is 2.87. The van der Waals surface area contributed by atoms with Crippen LogP contribution in [0.3, 0.4) is 0 Å². The molecule has 1 aliphatic rings. The third-order valence-electron chi connectivity index (χ3n) is 3.43. The number of aromatic amines is 1. The molecule has 5 heteroatoms. The Balaban J connectivity index is 1.70. The Bertz CT molecular complexity index is 349. The summed E-state index contributed by atoms with van der Waals surface area (Å²) in [6, 6.07) is 0. The number of nitrogens with one attached hydrogen (secondary N) is 2. The predicted octanol–water partition coefficient (Wildman–Crippen LogP) is 1.29. The first-order chi connectivity index (χ1) is 8.25. The maximum atomic E-state index is 11.9. The molecule has 1 fully saturated rings. The fraction of sp³-hybridized carbons (Fsp3) is 0.750. The molecular weight excluding hydrogens is 216 g/mol. The number of carbonyl (C=O) groups excluding carboxylic acids is 1. The van der Waals surface area contributed by atoms with Crippen molar-refractivity contribution >= 4 is 5.91 Å². The SMILES string of the molecule is C[C@H]1CCC[C@@H](C(=O)NCCc2ncn[nH]2)C1. The molecule has 2 N–H and O–H groups in total. The summed E-state index contributed by atoms with van der Waals surface area (Å²) in [4.78, 5) is 15.9. The van der Waals surface area contributed by atoms with Gasteiger partial charge in [0, 0.05) is 18.9 Å². The Morgan fingerprint density at radius 2 is 2.47 bits per heavy atom. The minimum Gasteiger partial charge on any atom is -0.355 e. The molecule has 0 aromatic carbocycles. The second kappa shape index (κ2) is 5.80. The molecule has 2 atom stereocenters. The molecule has 1 heterocycles. The minimum absolute atomic E-state index is 0.205. The smallest absolute Gasteiger partial charge is 0.223 e. The highest BCUT2D eigenvalue weighted by molar-refractivity contribution is 5.78. The first-order valence-corrected chi connectivity index (χ1v) is 6.37. The molecule has 0 spiro atoms. The van der Waals surface area contributed by atoms with Crippen molar-refractivity contribution in [2.45, 2.75) is 39.0 Å². The number of aromatic nitrogens is 3. The van der Waals surface area contributed by atoms with E-state index in [1.165, 1.54) is 19.2 Å². The molecule has 0 bridgehead atoms. The van der Waals surface area contributed by atoms with Gasteiger partial charge in [0.15, 0.2) is 0 Å². The molecule has 0 aliphatic heterocycles. The van der Waals surface area contributed by atoms with Gasteiger partial charge in [0.2, 0.25) is 5.91 Å². The van der Waals surface area contributed by atoms with E-state index in [1.807, 2.05) is 0 Å². The van der Waals surface area contributed by atoms with Crippen molar-refractivity contribution < 1.29 is 4.79 Å². The lowest BCUT2D eigenvalue weighted by molar-refractivity contribution is -0.126. The summed E-state index contributed by atoms with van der Waals surface area (Å²) < 4.78 is 0. The van der Waals surface area contributed by atoms with Crippen molar-refractivity contribution in [2.75, 3.05) is 6.54 Å². The Kier molecular flexibility index (Phi) is 4.12. The molecule has 1 aromatic heterocycles. The van der Waals surface area contributed by atoms with E-state index in [-0.39, 0.29) is 11.8 Å². The van der Waals surface area contributed by atoms with E-state index in [0.29, 0.717) is 18.9 Å². The highest BCUT2D eigenvalue weighted by Crippen LogP contribution is 2.28. The average Bonchev–Trinajstić information content (AvgIpc) is 2.82. The molecule has 1 aromatic rings. The van der Waals surface area contributed by atoms with Gasteiger partial charge in [-0.05, 0) is 18.8 Å². The zero-order valence-corrected chi connectivity index (χ0v) is 10.3. The van der Waals surface area contributed by atoms with Gasteiger partial charge < -0.3 is 5.32 Å². The molecule has 1 saturated carbocycles. The van der Waals surface area contributed by atoms with Crippen LogP contribution in [0.15, 0.2) is 6.33 Å². The van der Waals surface area contributed by atoms with Crippen LogP contribution in [0.1, 0.15) is 38.4 Å². The van der Waals surface area contributed by atoms with Crippen molar-refractivity contribution in [3.05, 3.63) is 12.2 Å². The summed E-state index contributed by atoms with van der Waals surface area (Å²) in [6.07, 6.45) is 6.73. The molecule has 1 aliphatic carbocycles. The average molecular weight is 236 g/mol. The summed E-state index contributed by atoms with van der Waals surface area (Å²) in [7, 11) is 0. The van der Waals surface area contributed by atoms with Gasteiger partial charge in [-0.15, -0.1) is 0 Å². The van der Waals surface area contributed by atoms with Crippen LogP contribution in [0.2, 0.25) is 0 Å². The highest BCUT2D eigenvalue weighted by Gasteiger charge is 2.24. The summed E-state index contributed by atoms with van der Waals surface area (Å²) >= 11 is 0. The summed E-state index contributed by atoms with van der Waals surface area (Å²) in [5, 5.41) is 9.54. The second-order valence-corrected chi connectivity index (χ2v) is 4.94. The van der Waals surface area contributed by atoms with E-state index in [1.54, 1.807) is 0 Å². The lowest BCUT2D eigenvalue weighted by Crippen LogP contribution is -2.34. The third-order valence-corrected chi connectivity index (χ3v) is 3.43. The standard InChI is InChI=1S/C12H20N4O/c1-9-3-2-4-10(7-9)12(17)13-6-5-11-14-8-15-16-11/h8-10H,2-7H2,1H3,(H,13,17)(H,14,15,16)/t9-,10+/m0/s1. The number of nitrogens with zero attached hydrogens (tertiary/aromatic N) is 2. The first-order valence-electron chi connectivity index (χ1n) is 6.37. The van der Waals surface area contributed by atoms with E-state index in [9.17, 15) is 4.79 Å². The van der Waals surface area contributed by atoms with Gasteiger partial charge in [0.25, 0.3) is 0 Å². The van der Waals surface area contributed by atoms with E-state index in [0.717, 1.165) is 18.7 Å². The molecule has 94 valence electrons. The normalized spacial score (nSPS) is 24.5. The zero-order valence-electron chi connectivity index (χ0n) is 10.3. The number of hydrogen-bond donors (Lipinski definition) is 2. The quantitative estimate of drug-likeness (QED) is 0.827. The van der Waals surface area contributed by atoms with Crippen molar-refractivity contribution in [3.8, 4) is 0 Å². The van der Waals surface area contributed by atoms with Crippen LogP contribution in [0.25, 0.3) is 0 Å². The van der Waals surface area contributed by atoms with Gasteiger partial charge >= 0.3 is 0 Å². The van der Waals surface area contributed by atoms with Crippen molar-refractivity contribution in [3.63, 3.8) is 0 Å². The molecule has 0 radical (unpaired) electrons. The van der Waals surface area contributed by atoms with Crippen LogP contribution in [0, 0.1) is 11.8 Å². The maximum absolute atomic E-state index is 11.9. The zero-order chi connectivity index (χ0) is 12.1. The van der Waals surface area contributed by atoms with Crippen molar-refractivity contribution in [2.24, 2.45) is 11.8 Å². The van der Waals surface area contributed by atoms with Crippen LogP contribution >= 0.6 is 0 Å². The molecule has 5 nitrogen and oxygen atoms in total. The van der Waals surface area contributed by atoms with Crippen molar-refractivity contribution in [1.82, 2.24) is 20.5 Å². The molecule has 17 heavy (non-hydrogen) atoms. The van der Waals surface area contributed by atoms with Crippen LogP contribution in [-0.2, 0) is 11.2 Å². The Labute approximate surface area is 101 Å². The van der Waals surface area contributed by atoms with Crippen LogP contribution in [-0.4, -0.2) is 27.6 Å². The lowest BCUT2D eigenvalue weighted by Gasteiger charge is -2.25. The molecular formula is C12H20N4O. The van der Waals surface area contributed by atoms with Crippen LogP contribution in [0.4, 0.5) is 0 Å². The molecule has 2 rings (SSSR count). The molecule has 0 saturated heterocycles. The van der Waals surface area contributed by atoms with Gasteiger partial charge in [0.05, 0.1) is 0 Å². The number of rotatable bonds is 4. The monoisotopic (exact) mass is 236 g/mol. The van der Waals surface area contributed by atoms with Gasteiger partial charge in [-0.1, -0.05) is 19.8 Å². The Morgan fingerprint density at radius 1 is 1.59 bits per heavy atom. The summed E-state index contributed by atoms with van der Waals surface area (Å²) in [5.41, 5.74) is 0. The van der Waals surface area contributed by atoms with E-state index in [2.05, 4.69) is 27.4 Å². The highest BCUT2D eigenvalue weighted by atomic mass is 16.1. The van der Waals surface area contributed by atoms with Gasteiger partial charge in [-0.2, -0.15) is 5.10 Å². The fourth-order valence-electron chi connectivity index (χ4n) is 2.47.